The van der Waals surface area contributed by atoms with Gasteiger partial charge >= 0.3 is 0 Å². The lowest BCUT2D eigenvalue weighted by Crippen LogP contribution is -2.18. The first-order valence-corrected chi connectivity index (χ1v) is 8.55. The number of rotatable bonds is 7. The van der Waals surface area contributed by atoms with Crippen molar-refractivity contribution in [2.45, 2.75) is 46.5 Å². The molecule has 0 aliphatic rings. The largest absolute Gasteiger partial charge is 0.493 e. The summed E-state index contributed by atoms with van der Waals surface area (Å²) < 4.78 is 6.03. The number of nitrogens with two attached hydrogens (primary N) is 1. The zero-order valence-corrected chi connectivity index (χ0v) is 14.9. The SMILES string of the molecule is CCc1ccccc1OCCC(CN)c1c(C)cc(C)cc1C. The van der Waals surface area contributed by atoms with Gasteiger partial charge in [0, 0.05) is 0 Å². The molecule has 0 heterocycles. The van der Waals surface area contributed by atoms with Crippen molar-refractivity contribution in [3.05, 3.63) is 64.2 Å². The van der Waals surface area contributed by atoms with Crippen LogP contribution in [-0.2, 0) is 6.42 Å². The van der Waals surface area contributed by atoms with E-state index in [1.54, 1.807) is 0 Å². The molecule has 0 amide bonds. The molecule has 0 radical (unpaired) electrons. The summed E-state index contributed by atoms with van der Waals surface area (Å²) >= 11 is 0. The number of hydrogen-bond donors (Lipinski definition) is 1. The van der Waals surface area contributed by atoms with Gasteiger partial charge in [0.05, 0.1) is 6.61 Å². The molecule has 0 saturated carbocycles. The summed E-state index contributed by atoms with van der Waals surface area (Å²) in [5.74, 6) is 1.35. The first-order valence-electron chi connectivity index (χ1n) is 8.55. The highest BCUT2D eigenvalue weighted by Crippen LogP contribution is 2.28. The molecule has 0 spiro atoms. The van der Waals surface area contributed by atoms with E-state index < -0.39 is 0 Å². The molecular weight excluding hydrogens is 282 g/mol. The average Bonchev–Trinajstić information content (AvgIpc) is 2.52. The Kier molecular flexibility index (Phi) is 6.23. The Balaban J connectivity index is 2.06. The van der Waals surface area contributed by atoms with Gasteiger partial charge in [0.15, 0.2) is 0 Å². The van der Waals surface area contributed by atoms with Crippen LogP contribution >= 0.6 is 0 Å². The Hall–Kier alpha value is -1.80. The highest BCUT2D eigenvalue weighted by atomic mass is 16.5. The Morgan fingerprint density at radius 3 is 2.30 bits per heavy atom. The lowest BCUT2D eigenvalue weighted by Gasteiger charge is -2.21. The van der Waals surface area contributed by atoms with Crippen LogP contribution in [0.15, 0.2) is 36.4 Å². The third-order valence-electron chi connectivity index (χ3n) is 4.51. The van der Waals surface area contributed by atoms with Crippen LogP contribution in [0, 0.1) is 20.8 Å². The molecule has 124 valence electrons. The molecule has 2 rings (SSSR count). The van der Waals surface area contributed by atoms with Gasteiger partial charge in [-0.15, -0.1) is 0 Å². The van der Waals surface area contributed by atoms with Gasteiger partial charge in [-0.2, -0.15) is 0 Å². The van der Waals surface area contributed by atoms with Gasteiger partial charge in [-0.05, 0) is 74.4 Å². The van der Waals surface area contributed by atoms with Gasteiger partial charge in [0.2, 0.25) is 0 Å². The van der Waals surface area contributed by atoms with E-state index in [4.69, 9.17) is 10.5 Å². The van der Waals surface area contributed by atoms with Gasteiger partial charge in [0.25, 0.3) is 0 Å². The van der Waals surface area contributed by atoms with Crippen LogP contribution in [0.25, 0.3) is 0 Å². The number of benzene rings is 2. The molecule has 2 heteroatoms. The quantitative estimate of drug-likeness (QED) is 0.805. The van der Waals surface area contributed by atoms with Crippen LogP contribution in [0.3, 0.4) is 0 Å². The van der Waals surface area contributed by atoms with Gasteiger partial charge < -0.3 is 10.5 Å². The van der Waals surface area contributed by atoms with E-state index in [1.807, 2.05) is 6.07 Å². The predicted molar refractivity (Wildman–Crippen MR) is 98.4 cm³/mol. The molecule has 1 atom stereocenters. The smallest absolute Gasteiger partial charge is 0.122 e. The first kappa shape index (κ1) is 17.6. The Labute approximate surface area is 140 Å². The summed E-state index contributed by atoms with van der Waals surface area (Å²) in [6.45, 7) is 10.0. The second-order valence-corrected chi connectivity index (χ2v) is 6.34. The second-order valence-electron chi connectivity index (χ2n) is 6.34. The molecule has 2 nitrogen and oxygen atoms in total. The van der Waals surface area contributed by atoms with Crippen LogP contribution in [0.2, 0.25) is 0 Å². The average molecular weight is 311 g/mol. The van der Waals surface area contributed by atoms with Gasteiger partial charge in [-0.25, -0.2) is 0 Å². The van der Waals surface area contributed by atoms with Crippen LogP contribution < -0.4 is 10.5 Å². The highest BCUT2D eigenvalue weighted by molar-refractivity contribution is 5.40. The van der Waals surface area contributed by atoms with Gasteiger partial charge in [-0.3, -0.25) is 0 Å². The van der Waals surface area contributed by atoms with Crippen molar-refractivity contribution in [1.29, 1.82) is 0 Å². The van der Waals surface area contributed by atoms with E-state index in [9.17, 15) is 0 Å². The third kappa shape index (κ3) is 4.35. The van der Waals surface area contributed by atoms with Crippen molar-refractivity contribution in [2.75, 3.05) is 13.2 Å². The lowest BCUT2D eigenvalue weighted by atomic mass is 9.87. The number of aryl methyl sites for hydroxylation is 4. The van der Waals surface area contributed by atoms with Crippen molar-refractivity contribution in [2.24, 2.45) is 5.73 Å². The van der Waals surface area contributed by atoms with E-state index in [-0.39, 0.29) is 0 Å². The summed E-state index contributed by atoms with van der Waals surface area (Å²) in [6, 6.07) is 12.8. The summed E-state index contributed by atoms with van der Waals surface area (Å²) in [5, 5.41) is 0. The normalized spacial score (nSPS) is 12.2. The molecule has 0 aliphatic heterocycles. The predicted octanol–water partition coefficient (Wildman–Crippen LogP) is 4.69. The molecule has 1 unspecified atom stereocenters. The van der Waals surface area contributed by atoms with Crippen molar-refractivity contribution >= 4 is 0 Å². The molecule has 0 fully saturated rings. The van der Waals surface area contributed by atoms with E-state index in [2.05, 4.69) is 58.0 Å². The number of ether oxygens (including phenoxy) is 1. The summed E-state index contributed by atoms with van der Waals surface area (Å²) in [4.78, 5) is 0. The summed E-state index contributed by atoms with van der Waals surface area (Å²) in [5.41, 5.74) is 12.7. The molecule has 2 N–H and O–H groups in total. The third-order valence-corrected chi connectivity index (χ3v) is 4.51. The molecule has 0 bridgehead atoms. The minimum Gasteiger partial charge on any atom is -0.493 e. The van der Waals surface area contributed by atoms with E-state index >= 15 is 0 Å². The van der Waals surface area contributed by atoms with Gasteiger partial charge in [0.1, 0.15) is 5.75 Å². The maximum absolute atomic E-state index is 6.06. The Morgan fingerprint density at radius 2 is 1.70 bits per heavy atom. The zero-order chi connectivity index (χ0) is 16.8. The monoisotopic (exact) mass is 311 g/mol. The van der Waals surface area contributed by atoms with Gasteiger partial charge in [-0.1, -0.05) is 42.8 Å². The van der Waals surface area contributed by atoms with Crippen molar-refractivity contribution < 1.29 is 4.74 Å². The van der Waals surface area contributed by atoms with Crippen molar-refractivity contribution in [3.63, 3.8) is 0 Å². The molecule has 2 aromatic rings. The lowest BCUT2D eigenvalue weighted by molar-refractivity contribution is 0.295. The van der Waals surface area contributed by atoms with Crippen LogP contribution in [0.1, 0.15) is 47.1 Å². The topological polar surface area (TPSA) is 35.2 Å². The fourth-order valence-corrected chi connectivity index (χ4v) is 3.46. The minimum atomic E-state index is 0.351. The molecule has 23 heavy (non-hydrogen) atoms. The molecule has 0 aliphatic carbocycles. The second kappa shape index (κ2) is 8.16. The maximum atomic E-state index is 6.06. The van der Waals surface area contributed by atoms with E-state index in [1.165, 1.54) is 27.8 Å². The van der Waals surface area contributed by atoms with E-state index in [0.717, 1.165) is 18.6 Å². The van der Waals surface area contributed by atoms with Crippen LogP contribution in [0.4, 0.5) is 0 Å². The molecular formula is C21H29NO. The molecule has 0 saturated heterocycles. The van der Waals surface area contributed by atoms with E-state index in [0.29, 0.717) is 19.1 Å². The minimum absolute atomic E-state index is 0.351. The first-order chi connectivity index (χ1) is 11.1. The van der Waals surface area contributed by atoms with Crippen LogP contribution in [0.5, 0.6) is 5.75 Å². The van der Waals surface area contributed by atoms with Crippen molar-refractivity contribution in [3.8, 4) is 5.75 Å². The molecule has 0 aromatic heterocycles. The summed E-state index contributed by atoms with van der Waals surface area (Å²) in [7, 11) is 0. The highest BCUT2D eigenvalue weighted by Gasteiger charge is 2.15. The van der Waals surface area contributed by atoms with Crippen LogP contribution in [-0.4, -0.2) is 13.2 Å². The fourth-order valence-electron chi connectivity index (χ4n) is 3.46. The summed E-state index contributed by atoms with van der Waals surface area (Å²) in [6.07, 6.45) is 1.94. The Morgan fingerprint density at radius 1 is 1.04 bits per heavy atom. The van der Waals surface area contributed by atoms with Crippen molar-refractivity contribution in [1.82, 2.24) is 0 Å². The Bertz CT molecular complexity index is 625. The zero-order valence-electron chi connectivity index (χ0n) is 14.9. The molecule has 2 aromatic carbocycles. The fraction of sp³-hybridized carbons (Fsp3) is 0.429. The maximum Gasteiger partial charge on any atom is 0.122 e. The number of hydrogen-bond acceptors (Lipinski definition) is 2. The standard InChI is InChI=1S/C21H29NO/c1-5-18-8-6-7-9-20(18)23-11-10-19(14-22)21-16(3)12-15(2)13-17(21)4/h6-9,12-13,19H,5,10-11,14,22H2,1-4H3. The number of para-hydroxylation sites is 1.